The van der Waals surface area contributed by atoms with Crippen LogP contribution in [0, 0.1) is 13.8 Å². The molecule has 1 aromatic carbocycles. The van der Waals surface area contributed by atoms with Gasteiger partial charge in [0, 0.05) is 22.0 Å². The molecule has 0 saturated carbocycles. The third-order valence-electron chi connectivity index (χ3n) is 4.45. The number of rotatable bonds is 4. The van der Waals surface area contributed by atoms with E-state index in [9.17, 15) is 9.59 Å². The Morgan fingerprint density at radius 1 is 1.24 bits per heavy atom. The summed E-state index contributed by atoms with van der Waals surface area (Å²) < 4.78 is 5.12. The molecule has 0 aliphatic carbocycles. The van der Waals surface area contributed by atoms with E-state index in [2.05, 4.69) is 5.32 Å². The summed E-state index contributed by atoms with van der Waals surface area (Å²) in [6, 6.07) is 8.68. The molecule has 1 aromatic heterocycles. The van der Waals surface area contributed by atoms with Crippen LogP contribution in [0.15, 0.2) is 30.3 Å². The van der Waals surface area contributed by atoms with E-state index in [0.29, 0.717) is 24.2 Å². The number of aryl methyl sites for hydroxylation is 2. The minimum atomic E-state index is -0.422. The Kier molecular flexibility index (Phi) is 5.08. The summed E-state index contributed by atoms with van der Waals surface area (Å²) in [5.74, 6) is 0.550. The lowest BCUT2D eigenvalue weighted by molar-refractivity contribution is -0.119. The zero-order valence-corrected chi connectivity index (χ0v) is 15.5. The van der Waals surface area contributed by atoms with E-state index < -0.39 is 6.04 Å². The fraction of sp³-hybridized carbons (Fsp3) is 0.368. The lowest BCUT2D eigenvalue weighted by Crippen LogP contribution is -2.43. The monoisotopic (exact) mass is 358 g/mol. The molecule has 0 bridgehead atoms. The molecule has 1 aliphatic heterocycles. The number of likely N-dealkylation sites (tertiary alicyclic amines) is 1. The van der Waals surface area contributed by atoms with Crippen LogP contribution in [0.2, 0.25) is 0 Å². The van der Waals surface area contributed by atoms with E-state index in [1.165, 1.54) is 0 Å². The number of anilines is 1. The zero-order chi connectivity index (χ0) is 18.0. The molecule has 6 heteroatoms. The SMILES string of the molecule is COc1ccc(NC(=O)C2CCCN2C(=O)c2cc(C)sc2C)cc1. The lowest BCUT2D eigenvalue weighted by atomic mass is 10.1. The van der Waals surface area contributed by atoms with Gasteiger partial charge >= 0.3 is 0 Å². The zero-order valence-electron chi connectivity index (χ0n) is 14.7. The molecule has 1 atom stereocenters. The summed E-state index contributed by atoms with van der Waals surface area (Å²) in [7, 11) is 1.60. The first-order valence-corrected chi connectivity index (χ1v) is 9.14. The number of benzene rings is 1. The second-order valence-electron chi connectivity index (χ2n) is 6.20. The number of hydrogen-bond donors (Lipinski definition) is 1. The Labute approximate surface area is 151 Å². The predicted octanol–water partition coefficient (Wildman–Crippen LogP) is 3.62. The third kappa shape index (κ3) is 3.69. The van der Waals surface area contributed by atoms with Crippen LogP contribution in [-0.4, -0.2) is 36.4 Å². The standard InChI is InChI=1S/C19H22N2O3S/c1-12-11-16(13(2)25-12)19(23)21-10-4-5-17(21)18(22)20-14-6-8-15(24-3)9-7-14/h6-9,11,17H,4-5,10H2,1-3H3,(H,20,22). The molecule has 3 rings (SSSR count). The summed E-state index contributed by atoms with van der Waals surface area (Å²) in [6.45, 7) is 4.56. The summed E-state index contributed by atoms with van der Waals surface area (Å²) in [4.78, 5) is 29.4. The second-order valence-corrected chi connectivity index (χ2v) is 7.66. The molecule has 132 valence electrons. The first-order valence-electron chi connectivity index (χ1n) is 8.32. The van der Waals surface area contributed by atoms with Crippen LogP contribution in [0.4, 0.5) is 5.69 Å². The van der Waals surface area contributed by atoms with Gasteiger partial charge in [0.2, 0.25) is 5.91 Å². The smallest absolute Gasteiger partial charge is 0.255 e. The Morgan fingerprint density at radius 3 is 2.56 bits per heavy atom. The van der Waals surface area contributed by atoms with Crippen molar-refractivity contribution >= 4 is 28.8 Å². The van der Waals surface area contributed by atoms with Crippen LogP contribution in [0.5, 0.6) is 5.75 Å². The molecular formula is C19H22N2O3S. The largest absolute Gasteiger partial charge is 0.497 e. The normalized spacial score (nSPS) is 16.8. The molecule has 25 heavy (non-hydrogen) atoms. The Bertz CT molecular complexity index is 782. The number of carbonyl (C=O) groups is 2. The van der Waals surface area contributed by atoms with Gasteiger partial charge in [0.25, 0.3) is 5.91 Å². The summed E-state index contributed by atoms with van der Waals surface area (Å²) in [6.07, 6.45) is 1.53. The van der Waals surface area contributed by atoms with Crippen molar-refractivity contribution in [2.24, 2.45) is 0 Å². The van der Waals surface area contributed by atoms with E-state index in [1.54, 1.807) is 47.6 Å². The predicted molar refractivity (Wildman–Crippen MR) is 99.5 cm³/mol. The average Bonchev–Trinajstić information content (AvgIpc) is 3.21. The molecule has 0 radical (unpaired) electrons. The molecule has 1 aliphatic rings. The Morgan fingerprint density at radius 2 is 1.96 bits per heavy atom. The maximum atomic E-state index is 12.9. The maximum absolute atomic E-state index is 12.9. The molecule has 0 spiro atoms. The highest BCUT2D eigenvalue weighted by Crippen LogP contribution is 2.27. The fourth-order valence-corrected chi connectivity index (χ4v) is 4.10. The van der Waals surface area contributed by atoms with Gasteiger partial charge in [-0.3, -0.25) is 9.59 Å². The van der Waals surface area contributed by atoms with Crippen molar-refractivity contribution in [1.29, 1.82) is 0 Å². The van der Waals surface area contributed by atoms with E-state index >= 15 is 0 Å². The number of methoxy groups -OCH3 is 1. The summed E-state index contributed by atoms with van der Waals surface area (Å²) in [5, 5.41) is 2.91. The maximum Gasteiger partial charge on any atom is 0.255 e. The van der Waals surface area contributed by atoms with E-state index in [4.69, 9.17) is 4.74 Å². The van der Waals surface area contributed by atoms with Crippen molar-refractivity contribution < 1.29 is 14.3 Å². The van der Waals surface area contributed by atoms with Crippen molar-refractivity contribution in [1.82, 2.24) is 4.90 Å². The van der Waals surface area contributed by atoms with E-state index in [0.717, 1.165) is 21.9 Å². The van der Waals surface area contributed by atoms with Crippen LogP contribution >= 0.6 is 11.3 Å². The number of thiophene rings is 1. The first-order chi connectivity index (χ1) is 12.0. The lowest BCUT2D eigenvalue weighted by Gasteiger charge is -2.24. The van der Waals surface area contributed by atoms with Gasteiger partial charge in [-0.2, -0.15) is 0 Å². The number of amides is 2. The van der Waals surface area contributed by atoms with Crippen LogP contribution in [-0.2, 0) is 4.79 Å². The van der Waals surface area contributed by atoms with Crippen molar-refractivity contribution in [3.63, 3.8) is 0 Å². The first kappa shape index (κ1) is 17.5. The second kappa shape index (κ2) is 7.27. The molecular weight excluding hydrogens is 336 g/mol. The van der Waals surface area contributed by atoms with Gasteiger partial charge in [0.15, 0.2) is 0 Å². The summed E-state index contributed by atoms with van der Waals surface area (Å²) in [5.41, 5.74) is 1.42. The minimum Gasteiger partial charge on any atom is -0.497 e. The molecule has 2 aromatic rings. The van der Waals surface area contributed by atoms with Gasteiger partial charge in [-0.15, -0.1) is 11.3 Å². The third-order valence-corrected chi connectivity index (χ3v) is 5.41. The number of ether oxygens (including phenoxy) is 1. The van der Waals surface area contributed by atoms with Crippen molar-refractivity contribution in [3.8, 4) is 5.75 Å². The van der Waals surface area contributed by atoms with Crippen LogP contribution < -0.4 is 10.1 Å². The fourth-order valence-electron chi connectivity index (χ4n) is 3.18. The average molecular weight is 358 g/mol. The van der Waals surface area contributed by atoms with Gasteiger partial charge in [0.05, 0.1) is 12.7 Å². The Balaban J connectivity index is 1.72. The molecule has 1 N–H and O–H groups in total. The highest BCUT2D eigenvalue weighted by Gasteiger charge is 2.35. The molecule has 1 saturated heterocycles. The molecule has 1 fully saturated rings. The topological polar surface area (TPSA) is 58.6 Å². The molecule has 1 unspecified atom stereocenters. The number of nitrogens with one attached hydrogen (secondary N) is 1. The molecule has 2 heterocycles. The van der Waals surface area contributed by atoms with Crippen LogP contribution in [0.25, 0.3) is 0 Å². The minimum absolute atomic E-state index is 0.0470. The highest BCUT2D eigenvalue weighted by molar-refractivity contribution is 7.12. The van der Waals surface area contributed by atoms with Gasteiger partial charge in [-0.05, 0) is 57.0 Å². The van der Waals surface area contributed by atoms with Gasteiger partial charge in [-0.25, -0.2) is 0 Å². The number of carbonyl (C=O) groups excluding carboxylic acids is 2. The number of nitrogens with zero attached hydrogens (tertiary/aromatic N) is 1. The number of hydrogen-bond acceptors (Lipinski definition) is 4. The van der Waals surface area contributed by atoms with E-state index in [1.807, 2.05) is 19.9 Å². The van der Waals surface area contributed by atoms with Gasteiger partial charge < -0.3 is 15.0 Å². The Hall–Kier alpha value is -2.34. The van der Waals surface area contributed by atoms with Crippen LogP contribution in [0.1, 0.15) is 33.0 Å². The highest BCUT2D eigenvalue weighted by atomic mass is 32.1. The molecule has 5 nitrogen and oxygen atoms in total. The van der Waals surface area contributed by atoms with Gasteiger partial charge in [0.1, 0.15) is 11.8 Å². The van der Waals surface area contributed by atoms with Crippen molar-refractivity contribution in [3.05, 3.63) is 45.6 Å². The van der Waals surface area contributed by atoms with E-state index in [-0.39, 0.29) is 11.8 Å². The summed E-state index contributed by atoms with van der Waals surface area (Å²) >= 11 is 1.61. The quantitative estimate of drug-likeness (QED) is 0.908. The van der Waals surface area contributed by atoms with Crippen molar-refractivity contribution in [2.45, 2.75) is 32.7 Å². The van der Waals surface area contributed by atoms with Crippen molar-refractivity contribution in [2.75, 3.05) is 19.0 Å². The van der Waals surface area contributed by atoms with Gasteiger partial charge in [-0.1, -0.05) is 0 Å². The molecule has 2 amide bonds. The van der Waals surface area contributed by atoms with Crippen LogP contribution in [0.3, 0.4) is 0 Å².